The van der Waals surface area contributed by atoms with Crippen LogP contribution in [0.2, 0.25) is 5.02 Å². The summed E-state index contributed by atoms with van der Waals surface area (Å²) in [5.41, 5.74) is -0.654. The maximum atomic E-state index is 13.9. The molecule has 2 aromatic rings. The molecular weight excluding hydrogens is 386 g/mol. The minimum absolute atomic E-state index is 0.0376. The van der Waals surface area contributed by atoms with E-state index in [9.17, 15) is 22.4 Å². The summed E-state index contributed by atoms with van der Waals surface area (Å²) in [6.45, 7) is 1.85. The lowest BCUT2D eigenvalue weighted by Gasteiger charge is -2.26. The Morgan fingerprint density at radius 1 is 1.30 bits per heavy atom. The zero-order chi connectivity index (χ0) is 19.8. The van der Waals surface area contributed by atoms with E-state index in [0.717, 1.165) is 18.2 Å². The molecular formula is C18H16ClF4N3O. The Hall–Kier alpha value is -2.35. The van der Waals surface area contributed by atoms with Gasteiger partial charge < -0.3 is 10.2 Å². The molecule has 1 aliphatic rings. The van der Waals surface area contributed by atoms with Crippen molar-refractivity contribution in [2.24, 2.45) is 0 Å². The second kappa shape index (κ2) is 7.34. The lowest BCUT2D eigenvalue weighted by atomic mass is 10.1. The Balaban J connectivity index is 1.85. The number of amides is 1. The number of pyridine rings is 1. The number of rotatable bonds is 3. The van der Waals surface area contributed by atoms with Gasteiger partial charge in [-0.3, -0.25) is 4.79 Å². The first kappa shape index (κ1) is 19.4. The van der Waals surface area contributed by atoms with E-state index in [1.165, 1.54) is 24.0 Å². The monoisotopic (exact) mass is 401 g/mol. The lowest BCUT2D eigenvalue weighted by molar-refractivity contribution is -0.137. The molecule has 0 radical (unpaired) electrons. The minimum Gasteiger partial charge on any atom is -0.345 e. The van der Waals surface area contributed by atoms with E-state index in [4.69, 9.17) is 11.6 Å². The lowest BCUT2D eigenvalue weighted by Crippen LogP contribution is -2.40. The van der Waals surface area contributed by atoms with Gasteiger partial charge in [0.2, 0.25) is 5.91 Å². The Bertz CT molecular complexity index is 872. The minimum atomic E-state index is -4.51. The highest BCUT2D eigenvalue weighted by molar-refractivity contribution is 6.30. The Morgan fingerprint density at radius 3 is 2.70 bits per heavy atom. The summed E-state index contributed by atoms with van der Waals surface area (Å²) < 4.78 is 53.1. The fourth-order valence-electron chi connectivity index (χ4n) is 3.08. The molecule has 0 aliphatic carbocycles. The number of aromatic nitrogens is 1. The Labute approximate surface area is 158 Å². The normalized spacial score (nSPS) is 17.3. The molecule has 27 heavy (non-hydrogen) atoms. The maximum Gasteiger partial charge on any atom is 0.416 e. The van der Waals surface area contributed by atoms with Crippen LogP contribution in [0.15, 0.2) is 30.3 Å². The molecule has 1 aromatic heterocycles. The van der Waals surface area contributed by atoms with Gasteiger partial charge in [-0.25, -0.2) is 9.37 Å². The number of anilines is 2. The van der Waals surface area contributed by atoms with E-state index in [1.54, 1.807) is 0 Å². The standard InChI is InChI=1S/C18H16ClF4N3O/c1-10-7-11(18(21,22)23)8-16(24-10)26-6-2-3-15(26)17(27)25-14-5-4-12(19)9-13(14)20/h4-5,7-9,15H,2-3,6H2,1H3,(H,25,27)/t15-/m0/s1. The van der Waals surface area contributed by atoms with Crippen molar-refractivity contribution < 1.29 is 22.4 Å². The third kappa shape index (κ3) is 4.32. The molecule has 0 spiro atoms. The van der Waals surface area contributed by atoms with Crippen molar-refractivity contribution in [2.45, 2.75) is 32.0 Å². The summed E-state index contributed by atoms with van der Waals surface area (Å²) in [7, 11) is 0. The quantitative estimate of drug-likeness (QED) is 0.751. The van der Waals surface area contributed by atoms with Gasteiger partial charge in [-0.2, -0.15) is 13.2 Å². The van der Waals surface area contributed by atoms with Crippen molar-refractivity contribution in [3.8, 4) is 0 Å². The Morgan fingerprint density at radius 2 is 2.04 bits per heavy atom. The van der Waals surface area contributed by atoms with Gasteiger partial charge in [0, 0.05) is 17.3 Å². The van der Waals surface area contributed by atoms with Gasteiger partial charge in [-0.1, -0.05) is 11.6 Å². The highest BCUT2D eigenvalue weighted by atomic mass is 35.5. The average Bonchev–Trinajstić information content (AvgIpc) is 3.06. The summed E-state index contributed by atoms with van der Waals surface area (Å²) in [4.78, 5) is 18.3. The number of benzene rings is 1. The van der Waals surface area contributed by atoms with Crippen LogP contribution in [0.25, 0.3) is 0 Å². The first-order valence-electron chi connectivity index (χ1n) is 8.23. The Kier molecular flexibility index (Phi) is 5.28. The predicted molar refractivity (Wildman–Crippen MR) is 94.4 cm³/mol. The van der Waals surface area contributed by atoms with E-state index in [-0.39, 0.29) is 22.2 Å². The van der Waals surface area contributed by atoms with Gasteiger partial charge in [0.25, 0.3) is 0 Å². The summed E-state index contributed by atoms with van der Waals surface area (Å²) in [6.07, 6.45) is -3.47. The number of carbonyl (C=O) groups excluding carboxylic acids is 1. The van der Waals surface area contributed by atoms with E-state index in [2.05, 4.69) is 10.3 Å². The molecule has 9 heteroatoms. The third-order valence-electron chi connectivity index (χ3n) is 4.31. The number of nitrogens with zero attached hydrogens (tertiary/aromatic N) is 2. The third-order valence-corrected chi connectivity index (χ3v) is 4.54. The summed E-state index contributed by atoms with van der Waals surface area (Å²) in [5, 5.41) is 2.67. The molecule has 3 rings (SSSR count). The fraction of sp³-hybridized carbons (Fsp3) is 0.333. The number of hydrogen-bond acceptors (Lipinski definition) is 3. The van der Waals surface area contributed by atoms with Crippen LogP contribution >= 0.6 is 11.6 Å². The van der Waals surface area contributed by atoms with Crippen molar-refractivity contribution in [2.75, 3.05) is 16.8 Å². The zero-order valence-corrected chi connectivity index (χ0v) is 15.0. The predicted octanol–water partition coefficient (Wildman–Crippen LogP) is 4.81. The van der Waals surface area contributed by atoms with Crippen LogP contribution < -0.4 is 10.2 Å². The molecule has 0 saturated carbocycles. The van der Waals surface area contributed by atoms with Crippen molar-refractivity contribution in [1.29, 1.82) is 0 Å². The largest absolute Gasteiger partial charge is 0.416 e. The fourth-order valence-corrected chi connectivity index (χ4v) is 3.24. The summed E-state index contributed by atoms with van der Waals surface area (Å²) >= 11 is 5.69. The van der Waals surface area contributed by atoms with Gasteiger partial charge in [-0.05, 0) is 50.1 Å². The van der Waals surface area contributed by atoms with Crippen molar-refractivity contribution in [3.63, 3.8) is 0 Å². The molecule has 0 unspecified atom stereocenters. The molecule has 2 heterocycles. The molecule has 144 valence electrons. The molecule has 1 N–H and O–H groups in total. The smallest absolute Gasteiger partial charge is 0.345 e. The van der Waals surface area contributed by atoms with Gasteiger partial charge in [0.05, 0.1) is 11.3 Å². The van der Waals surface area contributed by atoms with E-state index in [1.807, 2.05) is 0 Å². The van der Waals surface area contributed by atoms with Crippen LogP contribution in [-0.4, -0.2) is 23.5 Å². The first-order chi connectivity index (χ1) is 12.6. The van der Waals surface area contributed by atoms with Gasteiger partial charge in [-0.15, -0.1) is 0 Å². The number of halogens is 5. The number of nitrogens with one attached hydrogen (secondary N) is 1. The van der Waals surface area contributed by atoms with Crippen molar-refractivity contribution in [1.82, 2.24) is 4.98 Å². The number of carbonyl (C=O) groups is 1. The number of aryl methyl sites for hydroxylation is 1. The van der Waals surface area contributed by atoms with Crippen molar-refractivity contribution in [3.05, 3.63) is 52.4 Å². The second-order valence-corrected chi connectivity index (χ2v) is 6.75. The first-order valence-corrected chi connectivity index (χ1v) is 8.61. The highest BCUT2D eigenvalue weighted by Crippen LogP contribution is 2.34. The molecule has 1 aromatic carbocycles. The highest BCUT2D eigenvalue weighted by Gasteiger charge is 2.35. The van der Waals surface area contributed by atoms with Gasteiger partial charge in [0.15, 0.2) is 0 Å². The van der Waals surface area contributed by atoms with Crippen LogP contribution in [0.3, 0.4) is 0 Å². The summed E-state index contributed by atoms with van der Waals surface area (Å²) in [6, 6.07) is 4.99. The topological polar surface area (TPSA) is 45.2 Å². The maximum absolute atomic E-state index is 13.9. The zero-order valence-electron chi connectivity index (χ0n) is 14.3. The molecule has 1 aliphatic heterocycles. The molecule has 1 saturated heterocycles. The second-order valence-electron chi connectivity index (χ2n) is 6.32. The van der Waals surface area contributed by atoms with Crippen LogP contribution in [0, 0.1) is 12.7 Å². The molecule has 4 nitrogen and oxygen atoms in total. The van der Waals surface area contributed by atoms with E-state index < -0.39 is 29.5 Å². The van der Waals surface area contributed by atoms with Gasteiger partial charge in [0.1, 0.15) is 17.7 Å². The molecule has 1 fully saturated rings. The van der Waals surface area contributed by atoms with Crippen LogP contribution in [0.4, 0.5) is 29.1 Å². The molecule has 0 bridgehead atoms. The van der Waals surface area contributed by atoms with E-state index >= 15 is 0 Å². The number of hydrogen-bond donors (Lipinski definition) is 1. The van der Waals surface area contributed by atoms with Crippen LogP contribution in [0.1, 0.15) is 24.1 Å². The van der Waals surface area contributed by atoms with E-state index in [0.29, 0.717) is 19.4 Å². The van der Waals surface area contributed by atoms with Crippen LogP contribution in [0.5, 0.6) is 0 Å². The SMILES string of the molecule is Cc1cc(C(F)(F)F)cc(N2CCC[C@H]2C(=O)Nc2ccc(Cl)cc2F)n1. The molecule has 1 amide bonds. The van der Waals surface area contributed by atoms with Crippen LogP contribution in [-0.2, 0) is 11.0 Å². The van der Waals surface area contributed by atoms with Crippen molar-refractivity contribution >= 4 is 29.0 Å². The number of alkyl halides is 3. The molecule has 1 atom stereocenters. The van der Waals surface area contributed by atoms with Gasteiger partial charge >= 0.3 is 6.18 Å². The average molecular weight is 402 g/mol. The summed E-state index contributed by atoms with van der Waals surface area (Å²) in [5.74, 6) is -1.12.